The fourth-order valence-electron chi connectivity index (χ4n) is 2.86. The molecule has 0 bridgehead atoms. The van der Waals surface area contributed by atoms with Crippen molar-refractivity contribution in [2.45, 2.75) is 32.4 Å². The average molecular weight is 329 g/mol. The highest BCUT2D eigenvalue weighted by molar-refractivity contribution is 5.79. The van der Waals surface area contributed by atoms with Crippen molar-refractivity contribution in [1.82, 2.24) is 4.90 Å². The first-order valence-electron chi connectivity index (χ1n) is 7.91. The first-order valence-corrected chi connectivity index (χ1v) is 7.91. The Balaban J connectivity index is 1.96. The van der Waals surface area contributed by atoms with Crippen LogP contribution in [-0.4, -0.2) is 37.1 Å². The number of amides is 1. The Bertz CT molecular complexity index is 531. The van der Waals surface area contributed by atoms with Gasteiger partial charge in [-0.25, -0.2) is 0 Å². The number of hydrogen-bond acceptors (Lipinski definition) is 2. The molecule has 1 heterocycles. The number of carbonyl (C=O) groups is 1. The van der Waals surface area contributed by atoms with E-state index in [1.165, 1.54) is 6.07 Å². The maximum absolute atomic E-state index is 12.7. The maximum Gasteiger partial charge on any atom is 0.416 e. The van der Waals surface area contributed by atoms with Crippen LogP contribution in [0.15, 0.2) is 24.3 Å². The van der Waals surface area contributed by atoms with Crippen LogP contribution in [0, 0.1) is 5.92 Å². The van der Waals surface area contributed by atoms with Gasteiger partial charge >= 0.3 is 6.18 Å². The first-order chi connectivity index (χ1) is 10.9. The van der Waals surface area contributed by atoms with Crippen LogP contribution in [0.25, 0.3) is 0 Å². The lowest BCUT2D eigenvalue weighted by molar-refractivity contribution is -0.138. The Kier molecular flexibility index (Phi) is 6.04. The summed E-state index contributed by atoms with van der Waals surface area (Å²) in [6, 6.07) is 4.99. The van der Waals surface area contributed by atoms with Crippen LogP contribution < -0.4 is 0 Å². The standard InChI is InChI=1S/C17H22F3NO2/c1-2-23-12-14-6-4-8-21(11-14)16(22)10-13-5-3-7-15(9-13)17(18,19)20/h3,5,7,9,14H,2,4,6,8,10-12H2,1H3. The van der Waals surface area contributed by atoms with Crippen LogP contribution in [-0.2, 0) is 22.1 Å². The number of benzene rings is 1. The summed E-state index contributed by atoms with van der Waals surface area (Å²) < 4.78 is 43.6. The molecule has 0 N–H and O–H groups in total. The molecular formula is C17H22F3NO2. The normalized spacial score (nSPS) is 19.0. The third-order valence-electron chi connectivity index (χ3n) is 4.04. The van der Waals surface area contributed by atoms with Crippen LogP contribution in [0.4, 0.5) is 13.2 Å². The van der Waals surface area contributed by atoms with Crippen LogP contribution in [0.5, 0.6) is 0 Å². The molecule has 0 aromatic heterocycles. The highest BCUT2D eigenvalue weighted by atomic mass is 19.4. The van der Waals surface area contributed by atoms with E-state index in [9.17, 15) is 18.0 Å². The zero-order valence-electron chi connectivity index (χ0n) is 13.2. The minimum absolute atomic E-state index is 0.00523. The Morgan fingerprint density at radius 3 is 2.87 bits per heavy atom. The molecule has 2 rings (SSSR count). The molecule has 1 fully saturated rings. The van der Waals surface area contributed by atoms with Crippen molar-refractivity contribution in [3.05, 3.63) is 35.4 Å². The summed E-state index contributed by atoms with van der Waals surface area (Å²) >= 11 is 0. The van der Waals surface area contributed by atoms with Gasteiger partial charge in [0.2, 0.25) is 5.91 Å². The average Bonchev–Trinajstić information content (AvgIpc) is 2.52. The monoisotopic (exact) mass is 329 g/mol. The van der Waals surface area contributed by atoms with Crippen molar-refractivity contribution < 1.29 is 22.7 Å². The summed E-state index contributed by atoms with van der Waals surface area (Å²) in [5.74, 6) is 0.194. The molecule has 0 radical (unpaired) electrons. The van der Waals surface area contributed by atoms with Crippen molar-refractivity contribution in [2.75, 3.05) is 26.3 Å². The Morgan fingerprint density at radius 2 is 2.17 bits per heavy atom. The van der Waals surface area contributed by atoms with Crippen molar-refractivity contribution in [3.63, 3.8) is 0 Å². The van der Waals surface area contributed by atoms with Crippen molar-refractivity contribution >= 4 is 5.91 Å². The molecule has 1 saturated heterocycles. The number of nitrogens with zero attached hydrogens (tertiary/aromatic N) is 1. The Hall–Kier alpha value is -1.56. The maximum atomic E-state index is 12.7. The molecule has 1 atom stereocenters. The van der Waals surface area contributed by atoms with E-state index in [0.29, 0.717) is 37.8 Å². The van der Waals surface area contributed by atoms with Crippen molar-refractivity contribution in [3.8, 4) is 0 Å². The minimum atomic E-state index is -4.38. The summed E-state index contributed by atoms with van der Waals surface area (Å²) in [6.07, 6.45) is -2.45. The molecular weight excluding hydrogens is 307 g/mol. The number of halogens is 3. The number of hydrogen-bond donors (Lipinski definition) is 0. The van der Waals surface area contributed by atoms with E-state index in [0.717, 1.165) is 25.0 Å². The molecule has 128 valence electrons. The van der Waals surface area contributed by atoms with Crippen molar-refractivity contribution in [1.29, 1.82) is 0 Å². The van der Waals surface area contributed by atoms with Gasteiger partial charge in [-0.3, -0.25) is 4.79 Å². The van der Waals surface area contributed by atoms with E-state index in [4.69, 9.17) is 4.74 Å². The van der Waals surface area contributed by atoms with Crippen LogP contribution in [0.1, 0.15) is 30.9 Å². The number of piperidine rings is 1. The van der Waals surface area contributed by atoms with Gasteiger partial charge in [0.1, 0.15) is 0 Å². The van der Waals surface area contributed by atoms with Gasteiger partial charge in [0.25, 0.3) is 0 Å². The minimum Gasteiger partial charge on any atom is -0.381 e. The van der Waals surface area contributed by atoms with Gasteiger partial charge in [0.15, 0.2) is 0 Å². The molecule has 3 nitrogen and oxygen atoms in total. The van der Waals surface area contributed by atoms with Crippen molar-refractivity contribution in [2.24, 2.45) is 5.92 Å². The quantitative estimate of drug-likeness (QED) is 0.827. The zero-order chi connectivity index (χ0) is 16.9. The first kappa shape index (κ1) is 17.8. The summed E-state index contributed by atoms with van der Waals surface area (Å²) in [5, 5.41) is 0. The topological polar surface area (TPSA) is 29.5 Å². The molecule has 1 unspecified atom stereocenters. The lowest BCUT2D eigenvalue weighted by Gasteiger charge is -2.32. The van der Waals surface area contributed by atoms with Gasteiger partial charge in [-0.1, -0.05) is 18.2 Å². The van der Waals surface area contributed by atoms with Crippen LogP contribution >= 0.6 is 0 Å². The molecule has 1 aliphatic rings. The molecule has 1 aromatic carbocycles. The second-order valence-electron chi connectivity index (χ2n) is 5.88. The molecule has 0 aliphatic carbocycles. The number of rotatable bonds is 5. The van der Waals surface area contributed by atoms with Gasteiger partial charge in [-0.05, 0) is 37.3 Å². The lowest BCUT2D eigenvalue weighted by Crippen LogP contribution is -2.42. The zero-order valence-corrected chi connectivity index (χ0v) is 13.2. The summed E-state index contributed by atoms with van der Waals surface area (Å²) in [5.41, 5.74) is -0.313. The van der Waals surface area contributed by atoms with Crippen LogP contribution in [0.2, 0.25) is 0 Å². The summed E-state index contributed by atoms with van der Waals surface area (Å²) in [7, 11) is 0. The third-order valence-corrected chi connectivity index (χ3v) is 4.04. The third kappa shape index (κ3) is 5.23. The second-order valence-corrected chi connectivity index (χ2v) is 5.88. The van der Waals surface area contributed by atoms with E-state index in [-0.39, 0.29) is 12.3 Å². The number of alkyl halides is 3. The van der Waals surface area contributed by atoms with E-state index >= 15 is 0 Å². The SMILES string of the molecule is CCOCC1CCCN(C(=O)Cc2cccc(C(F)(F)F)c2)C1. The largest absolute Gasteiger partial charge is 0.416 e. The van der Waals surface area contributed by atoms with Crippen LogP contribution in [0.3, 0.4) is 0 Å². The predicted molar refractivity (Wildman–Crippen MR) is 80.9 cm³/mol. The molecule has 23 heavy (non-hydrogen) atoms. The highest BCUT2D eigenvalue weighted by Gasteiger charge is 2.31. The summed E-state index contributed by atoms with van der Waals surface area (Å²) in [4.78, 5) is 14.1. The van der Waals surface area contributed by atoms with Gasteiger partial charge < -0.3 is 9.64 Å². The fourth-order valence-corrected chi connectivity index (χ4v) is 2.86. The number of likely N-dealkylation sites (tertiary alicyclic amines) is 1. The smallest absolute Gasteiger partial charge is 0.381 e. The Morgan fingerprint density at radius 1 is 1.39 bits per heavy atom. The van der Waals surface area contributed by atoms with E-state index < -0.39 is 11.7 Å². The second kappa shape index (κ2) is 7.81. The van der Waals surface area contributed by atoms with E-state index in [1.807, 2.05) is 6.92 Å². The van der Waals surface area contributed by atoms with Gasteiger partial charge in [-0.2, -0.15) is 13.2 Å². The molecule has 0 spiro atoms. The lowest BCUT2D eigenvalue weighted by atomic mass is 9.98. The molecule has 1 amide bonds. The van der Waals surface area contributed by atoms with E-state index in [2.05, 4.69) is 0 Å². The molecule has 0 saturated carbocycles. The summed E-state index contributed by atoms with van der Waals surface area (Å²) in [6.45, 7) is 4.50. The van der Waals surface area contributed by atoms with Gasteiger partial charge in [0, 0.05) is 19.7 Å². The molecule has 1 aromatic rings. The van der Waals surface area contributed by atoms with Gasteiger partial charge in [0.05, 0.1) is 18.6 Å². The highest BCUT2D eigenvalue weighted by Crippen LogP contribution is 2.29. The Labute approximate surface area is 134 Å². The molecule has 1 aliphatic heterocycles. The van der Waals surface area contributed by atoms with E-state index in [1.54, 1.807) is 11.0 Å². The number of carbonyl (C=O) groups excluding carboxylic acids is 1. The fraction of sp³-hybridized carbons (Fsp3) is 0.588. The predicted octanol–water partition coefficient (Wildman–Crippen LogP) is 3.52. The number of ether oxygens (including phenoxy) is 1. The van der Waals surface area contributed by atoms with Gasteiger partial charge in [-0.15, -0.1) is 0 Å². The molecule has 6 heteroatoms.